The fourth-order valence-corrected chi connectivity index (χ4v) is 1.95. The number of pyridine rings is 1. The Balaban J connectivity index is 2.11. The number of nitrogens with zero attached hydrogens (tertiary/aromatic N) is 1. The maximum absolute atomic E-state index is 13.3. The van der Waals surface area contributed by atoms with E-state index in [2.05, 4.69) is 10.3 Å². The van der Waals surface area contributed by atoms with Gasteiger partial charge in [0, 0.05) is 24.0 Å². The number of amides is 1. The number of nitrogens with two attached hydrogens (primary N) is 1. The van der Waals surface area contributed by atoms with Gasteiger partial charge < -0.3 is 16.2 Å². The molecule has 0 unspecified atom stereocenters. The molecule has 4 N–H and O–H groups in total. The molecule has 1 amide bonds. The van der Waals surface area contributed by atoms with Gasteiger partial charge in [-0.05, 0) is 48.4 Å². The van der Waals surface area contributed by atoms with Crippen molar-refractivity contribution < 1.29 is 14.3 Å². The van der Waals surface area contributed by atoms with Gasteiger partial charge in [-0.3, -0.25) is 4.98 Å². The Morgan fingerprint density at radius 3 is 2.95 bits per heavy atom. The van der Waals surface area contributed by atoms with Crippen molar-refractivity contribution in [2.24, 2.45) is 0 Å². The Bertz CT molecular complexity index is 702. The third-order valence-electron chi connectivity index (χ3n) is 2.98. The second-order valence-corrected chi connectivity index (χ2v) is 4.62. The Hall–Kier alpha value is -2.89. The van der Waals surface area contributed by atoms with Gasteiger partial charge in [-0.2, -0.15) is 0 Å². The van der Waals surface area contributed by atoms with Gasteiger partial charge in [-0.15, -0.1) is 0 Å². The summed E-state index contributed by atoms with van der Waals surface area (Å²) in [6, 6.07) is 7.78. The molecule has 0 aliphatic rings. The Kier molecular flexibility index (Phi) is 5.08. The molecular weight excluding hydrogens is 285 g/mol. The minimum atomic E-state index is -1.05. The maximum atomic E-state index is 13.3. The smallest absolute Gasteiger partial charge is 0.404 e. The fraction of sp³-hybridized carbons (Fsp3) is 0.125. The summed E-state index contributed by atoms with van der Waals surface area (Å²) in [4.78, 5) is 14.5. The summed E-state index contributed by atoms with van der Waals surface area (Å²) in [7, 11) is 0. The molecule has 6 heteroatoms. The van der Waals surface area contributed by atoms with E-state index in [-0.39, 0.29) is 5.82 Å². The molecule has 2 rings (SSSR count). The molecule has 1 heterocycles. The molecule has 0 atom stereocenters. The van der Waals surface area contributed by atoms with Crippen LogP contribution in [0.4, 0.5) is 14.9 Å². The summed E-state index contributed by atoms with van der Waals surface area (Å²) in [5.74, 6) is -0.349. The molecule has 0 fully saturated rings. The summed E-state index contributed by atoms with van der Waals surface area (Å²) in [5, 5.41) is 10.7. The zero-order chi connectivity index (χ0) is 15.9. The third-order valence-corrected chi connectivity index (χ3v) is 2.98. The lowest BCUT2D eigenvalue weighted by atomic mass is 10.0. The minimum Gasteiger partial charge on any atom is -0.465 e. The minimum absolute atomic E-state index is 0.336. The van der Waals surface area contributed by atoms with Crippen LogP contribution in [0.15, 0.2) is 42.6 Å². The monoisotopic (exact) mass is 301 g/mol. The number of halogens is 1. The average molecular weight is 301 g/mol. The Morgan fingerprint density at radius 1 is 1.36 bits per heavy atom. The van der Waals surface area contributed by atoms with Crippen LogP contribution in [-0.2, 0) is 0 Å². The van der Waals surface area contributed by atoms with E-state index < -0.39 is 6.09 Å². The van der Waals surface area contributed by atoms with Gasteiger partial charge in [0.05, 0.1) is 5.69 Å². The van der Waals surface area contributed by atoms with Gasteiger partial charge in [-0.1, -0.05) is 6.08 Å². The standard InChI is InChI=1S/C16H16FN3O2/c17-12-4-5-15(18)14(10-12)11-6-8-19-13(9-11)3-1-2-7-20-16(21)22/h1,3-6,8-10,20H,2,7,18H2,(H,21,22). The van der Waals surface area contributed by atoms with Crippen LogP contribution in [0.25, 0.3) is 17.2 Å². The van der Waals surface area contributed by atoms with Crippen LogP contribution in [0.5, 0.6) is 0 Å². The summed E-state index contributed by atoms with van der Waals surface area (Å²) >= 11 is 0. The molecule has 5 nitrogen and oxygen atoms in total. The molecule has 1 aromatic heterocycles. The van der Waals surface area contributed by atoms with Crippen molar-refractivity contribution in [2.75, 3.05) is 12.3 Å². The van der Waals surface area contributed by atoms with Crippen LogP contribution in [0.1, 0.15) is 12.1 Å². The Labute approximate surface area is 127 Å². The maximum Gasteiger partial charge on any atom is 0.404 e. The number of nitrogen functional groups attached to an aromatic ring is 1. The lowest BCUT2D eigenvalue weighted by Crippen LogP contribution is -2.21. The van der Waals surface area contributed by atoms with E-state index in [1.807, 2.05) is 6.08 Å². The second-order valence-electron chi connectivity index (χ2n) is 4.62. The predicted octanol–water partition coefficient (Wildman–Crippen LogP) is 3.14. The molecule has 114 valence electrons. The number of aromatic nitrogens is 1. The van der Waals surface area contributed by atoms with Gasteiger partial charge in [0.25, 0.3) is 0 Å². The van der Waals surface area contributed by atoms with E-state index >= 15 is 0 Å². The molecule has 0 spiro atoms. The first kappa shape index (κ1) is 15.5. The number of hydrogen-bond acceptors (Lipinski definition) is 3. The predicted molar refractivity (Wildman–Crippen MR) is 83.7 cm³/mol. The number of benzene rings is 1. The lowest BCUT2D eigenvalue weighted by Gasteiger charge is -2.06. The number of hydrogen-bond donors (Lipinski definition) is 3. The number of nitrogens with one attached hydrogen (secondary N) is 1. The summed E-state index contributed by atoms with van der Waals surface area (Å²) in [6.07, 6.45) is 4.73. The van der Waals surface area contributed by atoms with Gasteiger partial charge in [-0.25, -0.2) is 9.18 Å². The molecule has 0 aliphatic carbocycles. The van der Waals surface area contributed by atoms with E-state index in [4.69, 9.17) is 10.8 Å². The number of anilines is 1. The van der Waals surface area contributed by atoms with Crippen molar-refractivity contribution in [2.45, 2.75) is 6.42 Å². The fourth-order valence-electron chi connectivity index (χ4n) is 1.95. The first-order valence-electron chi connectivity index (χ1n) is 6.71. The molecule has 0 aliphatic heterocycles. The van der Waals surface area contributed by atoms with Crippen LogP contribution in [0, 0.1) is 5.82 Å². The van der Waals surface area contributed by atoms with Crippen molar-refractivity contribution in [1.29, 1.82) is 0 Å². The highest BCUT2D eigenvalue weighted by atomic mass is 19.1. The molecule has 0 radical (unpaired) electrons. The molecule has 2 aromatic rings. The molecule has 0 saturated heterocycles. The molecule has 22 heavy (non-hydrogen) atoms. The largest absolute Gasteiger partial charge is 0.465 e. The lowest BCUT2D eigenvalue weighted by molar-refractivity contribution is 0.194. The Morgan fingerprint density at radius 2 is 2.18 bits per heavy atom. The van der Waals surface area contributed by atoms with Crippen molar-refractivity contribution in [3.05, 3.63) is 54.1 Å². The van der Waals surface area contributed by atoms with E-state index in [9.17, 15) is 9.18 Å². The van der Waals surface area contributed by atoms with Gasteiger partial charge in [0.2, 0.25) is 0 Å². The third kappa shape index (κ3) is 4.31. The first-order valence-corrected chi connectivity index (χ1v) is 6.71. The van der Waals surface area contributed by atoms with Gasteiger partial charge in [0.1, 0.15) is 5.82 Å². The molecular formula is C16H16FN3O2. The summed E-state index contributed by atoms with van der Waals surface area (Å²) in [5.41, 5.74) is 8.44. The molecule has 0 saturated carbocycles. The van der Waals surface area contributed by atoms with Gasteiger partial charge in [0.15, 0.2) is 0 Å². The van der Waals surface area contributed by atoms with Crippen LogP contribution in [-0.4, -0.2) is 22.7 Å². The van der Waals surface area contributed by atoms with Crippen LogP contribution < -0.4 is 11.1 Å². The van der Waals surface area contributed by atoms with E-state index in [1.165, 1.54) is 18.2 Å². The SMILES string of the molecule is Nc1ccc(F)cc1-c1ccnc(C=CCCNC(=O)O)c1. The van der Waals surface area contributed by atoms with Crippen LogP contribution in [0.3, 0.4) is 0 Å². The first-order chi connectivity index (χ1) is 10.6. The van der Waals surface area contributed by atoms with Crippen LogP contribution in [0.2, 0.25) is 0 Å². The summed E-state index contributed by atoms with van der Waals surface area (Å²) in [6.45, 7) is 0.336. The van der Waals surface area contributed by atoms with Crippen molar-refractivity contribution in [3.63, 3.8) is 0 Å². The topological polar surface area (TPSA) is 88.2 Å². The number of rotatable bonds is 5. The number of carbonyl (C=O) groups is 1. The van der Waals surface area contributed by atoms with E-state index in [0.717, 1.165) is 5.56 Å². The molecule has 0 bridgehead atoms. The van der Waals surface area contributed by atoms with E-state index in [0.29, 0.717) is 29.9 Å². The van der Waals surface area contributed by atoms with Crippen molar-refractivity contribution in [1.82, 2.24) is 10.3 Å². The van der Waals surface area contributed by atoms with Crippen molar-refractivity contribution in [3.8, 4) is 11.1 Å². The van der Waals surface area contributed by atoms with Gasteiger partial charge >= 0.3 is 6.09 Å². The quantitative estimate of drug-likeness (QED) is 0.584. The zero-order valence-corrected chi connectivity index (χ0v) is 11.8. The second kappa shape index (κ2) is 7.21. The van der Waals surface area contributed by atoms with Crippen LogP contribution >= 0.6 is 0 Å². The van der Waals surface area contributed by atoms with Crippen molar-refractivity contribution >= 4 is 17.9 Å². The number of carboxylic acid groups (broad SMARTS) is 1. The highest BCUT2D eigenvalue weighted by molar-refractivity contribution is 5.77. The average Bonchev–Trinajstić information content (AvgIpc) is 2.49. The van der Waals surface area contributed by atoms with E-state index in [1.54, 1.807) is 24.4 Å². The summed E-state index contributed by atoms with van der Waals surface area (Å²) < 4.78 is 13.3. The highest BCUT2D eigenvalue weighted by Crippen LogP contribution is 2.26. The molecule has 1 aromatic carbocycles. The normalized spacial score (nSPS) is 10.8. The zero-order valence-electron chi connectivity index (χ0n) is 11.8. The highest BCUT2D eigenvalue weighted by Gasteiger charge is 2.05.